The Hall–Kier alpha value is -1.58. The molecule has 0 radical (unpaired) electrons. The highest BCUT2D eigenvalue weighted by molar-refractivity contribution is 5.92. The van der Waals surface area contributed by atoms with E-state index in [0.29, 0.717) is 11.6 Å². The molecule has 94 valence electrons. The summed E-state index contributed by atoms with van der Waals surface area (Å²) in [5.74, 6) is 0.464. The number of carbonyl (C=O) groups excluding carboxylic acids is 1. The van der Waals surface area contributed by atoms with Crippen LogP contribution in [0.5, 0.6) is 0 Å². The third-order valence-electron chi connectivity index (χ3n) is 2.49. The first kappa shape index (κ1) is 13.5. The van der Waals surface area contributed by atoms with E-state index in [9.17, 15) is 4.79 Å². The minimum Gasteiger partial charge on any atom is -0.387 e. The number of hydrogen-bond donors (Lipinski definition) is 2. The Kier molecular flexibility index (Phi) is 4.94. The number of rotatable bonds is 5. The molecule has 0 saturated heterocycles. The zero-order valence-electron chi connectivity index (χ0n) is 10.9. The van der Waals surface area contributed by atoms with Gasteiger partial charge in [-0.1, -0.05) is 13.8 Å². The minimum atomic E-state index is -0.110. The molecule has 4 heteroatoms. The van der Waals surface area contributed by atoms with Crippen LogP contribution in [0.25, 0.3) is 0 Å². The molecule has 1 atom stereocenters. The molecule has 2 N–H and O–H groups in total. The van der Waals surface area contributed by atoms with Crippen molar-refractivity contribution in [3.8, 4) is 0 Å². The SMILES string of the molecule is CNc1ccc(C(=O)NC(C)CC(C)C)nc1. The third-order valence-corrected chi connectivity index (χ3v) is 2.49. The van der Waals surface area contributed by atoms with Crippen molar-refractivity contribution in [1.82, 2.24) is 10.3 Å². The molecule has 1 amide bonds. The van der Waals surface area contributed by atoms with E-state index in [2.05, 4.69) is 29.5 Å². The number of nitrogens with one attached hydrogen (secondary N) is 2. The number of carbonyl (C=O) groups is 1. The lowest BCUT2D eigenvalue weighted by Gasteiger charge is -2.15. The molecule has 0 aliphatic rings. The Morgan fingerprint density at radius 1 is 1.35 bits per heavy atom. The summed E-state index contributed by atoms with van der Waals surface area (Å²) in [4.78, 5) is 15.9. The molecule has 0 saturated carbocycles. The first-order chi connectivity index (χ1) is 8.02. The van der Waals surface area contributed by atoms with Gasteiger partial charge in [0, 0.05) is 13.1 Å². The highest BCUT2D eigenvalue weighted by Gasteiger charge is 2.11. The molecule has 4 nitrogen and oxygen atoms in total. The maximum atomic E-state index is 11.8. The highest BCUT2D eigenvalue weighted by atomic mass is 16.1. The Morgan fingerprint density at radius 3 is 2.53 bits per heavy atom. The van der Waals surface area contributed by atoms with Crippen LogP contribution >= 0.6 is 0 Å². The van der Waals surface area contributed by atoms with Crippen molar-refractivity contribution in [3.63, 3.8) is 0 Å². The molecule has 0 spiro atoms. The summed E-state index contributed by atoms with van der Waals surface area (Å²) < 4.78 is 0. The van der Waals surface area contributed by atoms with Crippen LogP contribution in [0, 0.1) is 5.92 Å². The molecule has 1 rings (SSSR count). The van der Waals surface area contributed by atoms with Crippen LogP contribution in [-0.4, -0.2) is 24.0 Å². The number of anilines is 1. The standard InChI is InChI=1S/C13H21N3O/c1-9(2)7-10(3)16-13(17)12-6-5-11(14-4)8-15-12/h5-6,8-10,14H,7H2,1-4H3,(H,16,17). The smallest absolute Gasteiger partial charge is 0.270 e. The monoisotopic (exact) mass is 235 g/mol. The molecule has 1 aromatic rings. The van der Waals surface area contributed by atoms with Crippen molar-refractivity contribution < 1.29 is 4.79 Å². The van der Waals surface area contributed by atoms with Crippen molar-refractivity contribution >= 4 is 11.6 Å². The van der Waals surface area contributed by atoms with Gasteiger partial charge in [0.2, 0.25) is 0 Å². The van der Waals surface area contributed by atoms with Crippen LogP contribution in [0.1, 0.15) is 37.7 Å². The molecule has 1 aromatic heterocycles. The zero-order chi connectivity index (χ0) is 12.8. The average Bonchev–Trinajstić information content (AvgIpc) is 2.28. The van der Waals surface area contributed by atoms with Crippen LogP contribution < -0.4 is 10.6 Å². The topological polar surface area (TPSA) is 54.0 Å². The van der Waals surface area contributed by atoms with E-state index in [1.807, 2.05) is 20.0 Å². The molecule has 0 aromatic carbocycles. The number of aromatic nitrogens is 1. The lowest BCUT2D eigenvalue weighted by Crippen LogP contribution is -2.33. The summed E-state index contributed by atoms with van der Waals surface area (Å²) in [7, 11) is 1.82. The predicted octanol–water partition coefficient (Wildman–Crippen LogP) is 2.29. The average molecular weight is 235 g/mol. The largest absolute Gasteiger partial charge is 0.387 e. The van der Waals surface area contributed by atoms with Gasteiger partial charge in [0.05, 0.1) is 11.9 Å². The number of pyridine rings is 1. The second kappa shape index (κ2) is 6.23. The van der Waals surface area contributed by atoms with Gasteiger partial charge in [0.1, 0.15) is 5.69 Å². The van der Waals surface area contributed by atoms with Crippen LogP contribution in [0.3, 0.4) is 0 Å². The molecule has 17 heavy (non-hydrogen) atoms. The normalized spacial score (nSPS) is 12.3. The van der Waals surface area contributed by atoms with E-state index in [0.717, 1.165) is 12.1 Å². The second-order valence-electron chi connectivity index (χ2n) is 4.69. The minimum absolute atomic E-state index is 0.110. The first-order valence-electron chi connectivity index (χ1n) is 5.97. The summed E-state index contributed by atoms with van der Waals surface area (Å²) in [6, 6.07) is 3.74. The maximum Gasteiger partial charge on any atom is 0.270 e. The van der Waals surface area contributed by atoms with E-state index in [4.69, 9.17) is 0 Å². The van der Waals surface area contributed by atoms with Gasteiger partial charge in [-0.2, -0.15) is 0 Å². The van der Waals surface area contributed by atoms with Crippen LogP contribution in [-0.2, 0) is 0 Å². The van der Waals surface area contributed by atoms with Crippen molar-refractivity contribution in [2.75, 3.05) is 12.4 Å². The molecule has 1 heterocycles. The summed E-state index contributed by atoms with van der Waals surface area (Å²) in [6.07, 6.45) is 2.63. The molecule has 1 unspecified atom stereocenters. The molecule has 0 fully saturated rings. The van der Waals surface area contributed by atoms with Crippen molar-refractivity contribution in [1.29, 1.82) is 0 Å². The zero-order valence-corrected chi connectivity index (χ0v) is 10.9. The Bertz CT molecular complexity index is 359. The van der Waals surface area contributed by atoms with Gasteiger partial charge in [-0.25, -0.2) is 4.98 Å². The van der Waals surface area contributed by atoms with Crippen molar-refractivity contribution in [2.24, 2.45) is 5.92 Å². The van der Waals surface area contributed by atoms with E-state index >= 15 is 0 Å². The Morgan fingerprint density at radius 2 is 2.06 bits per heavy atom. The van der Waals surface area contributed by atoms with Crippen molar-refractivity contribution in [3.05, 3.63) is 24.0 Å². The van der Waals surface area contributed by atoms with Crippen molar-refractivity contribution in [2.45, 2.75) is 33.2 Å². The Balaban J connectivity index is 2.57. The van der Waals surface area contributed by atoms with Gasteiger partial charge in [0.25, 0.3) is 5.91 Å². The van der Waals surface area contributed by atoms with Crippen LogP contribution in [0.2, 0.25) is 0 Å². The molecule has 0 aliphatic carbocycles. The first-order valence-corrected chi connectivity index (χ1v) is 5.97. The van der Waals surface area contributed by atoms with Crippen LogP contribution in [0.4, 0.5) is 5.69 Å². The summed E-state index contributed by atoms with van der Waals surface area (Å²) in [5, 5.41) is 5.91. The predicted molar refractivity (Wildman–Crippen MR) is 70.2 cm³/mol. The lowest BCUT2D eigenvalue weighted by molar-refractivity contribution is 0.0931. The number of hydrogen-bond acceptors (Lipinski definition) is 3. The van der Waals surface area contributed by atoms with E-state index in [1.54, 1.807) is 12.3 Å². The highest BCUT2D eigenvalue weighted by Crippen LogP contribution is 2.07. The van der Waals surface area contributed by atoms with Gasteiger partial charge in [-0.05, 0) is 31.4 Å². The fourth-order valence-electron chi connectivity index (χ4n) is 1.74. The second-order valence-corrected chi connectivity index (χ2v) is 4.69. The molecular weight excluding hydrogens is 214 g/mol. The maximum absolute atomic E-state index is 11.8. The van der Waals surface area contributed by atoms with Crippen LogP contribution in [0.15, 0.2) is 18.3 Å². The van der Waals surface area contributed by atoms with Gasteiger partial charge < -0.3 is 10.6 Å². The van der Waals surface area contributed by atoms with E-state index < -0.39 is 0 Å². The van der Waals surface area contributed by atoms with Gasteiger partial charge in [-0.15, -0.1) is 0 Å². The summed E-state index contributed by atoms with van der Waals surface area (Å²) >= 11 is 0. The molecular formula is C13H21N3O. The Labute approximate surface area is 103 Å². The van der Waals surface area contributed by atoms with E-state index in [1.165, 1.54) is 0 Å². The third kappa shape index (κ3) is 4.43. The number of amides is 1. The fourth-order valence-corrected chi connectivity index (χ4v) is 1.74. The molecule has 0 bridgehead atoms. The molecule has 0 aliphatic heterocycles. The van der Waals surface area contributed by atoms with Gasteiger partial charge in [-0.3, -0.25) is 4.79 Å². The van der Waals surface area contributed by atoms with E-state index in [-0.39, 0.29) is 11.9 Å². The summed E-state index contributed by atoms with van der Waals surface area (Å²) in [5.41, 5.74) is 1.36. The quantitative estimate of drug-likeness (QED) is 0.823. The summed E-state index contributed by atoms with van der Waals surface area (Å²) in [6.45, 7) is 6.30. The number of nitrogens with zero attached hydrogens (tertiary/aromatic N) is 1. The fraction of sp³-hybridized carbons (Fsp3) is 0.538. The van der Waals surface area contributed by atoms with Gasteiger partial charge >= 0.3 is 0 Å². The lowest BCUT2D eigenvalue weighted by atomic mass is 10.1. The van der Waals surface area contributed by atoms with Gasteiger partial charge in [0.15, 0.2) is 0 Å².